The third kappa shape index (κ3) is 5.70. The SMILES string of the molecule is CCCCC(CC)CN1C(=O)/C(=C\c2c(N3CC(C)CC(C)C3)nc3ccc(C)cn3c2=O)SC1=S. The number of aryl methyl sites for hydroxylation is 1. The summed E-state index contributed by atoms with van der Waals surface area (Å²) in [5.74, 6) is 2.01. The number of carbonyl (C=O) groups excluding carboxylic acids is 1. The minimum atomic E-state index is -0.149. The second-order valence-corrected chi connectivity index (χ2v) is 12.3. The van der Waals surface area contributed by atoms with Gasteiger partial charge in [0.2, 0.25) is 0 Å². The van der Waals surface area contributed by atoms with Gasteiger partial charge < -0.3 is 4.90 Å². The number of amides is 1. The van der Waals surface area contributed by atoms with Gasteiger partial charge in [0.25, 0.3) is 11.5 Å². The van der Waals surface area contributed by atoms with Crippen molar-refractivity contribution in [2.45, 2.75) is 66.7 Å². The third-order valence-corrected chi connectivity index (χ3v) is 8.66. The molecule has 0 saturated carbocycles. The molecule has 1 amide bonds. The fourth-order valence-corrected chi connectivity index (χ4v) is 6.67. The van der Waals surface area contributed by atoms with Crippen molar-refractivity contribution in [3.8, 4) is 0 Å². The molecule has 2 aliphatic heterocycles. The molecule has 0 bridgehead atoms. The summed E-state index contributed by atoms with van der Waals surface area (Å²) in [6, 6.07) is 3.86. The molecular weight excluding hydrogens is 488 g/mol. The van der Waals surface area contributed by atoms with Gasteiger partial charge in [0.15, 0.2) is 0 Å². The summed E-state index contributed by atoms with van der Waals surface area (Å²) in [4.78, 5) is 36.7. The number of piperidine rings is 1. The first-order chi connectivity index (χ1) is 17.2. The summed E-state index contributed by atoms with van der Waals surface area (Å²) < 4.78 is 2.17. The summed E-state index contributed by atoms with van der Waals surface area (Å²) in [5.41, 5.74) is 1.93. The zero-order valence-electron chi connectivity index (χ0n) is 22.1. The van der Waals surface area contributed by atoms with Crippen molar-refractivity contribution in [1.82, 2.24) is 14.3 Å². The Morgan fingerprint density at radius 1 is 1.19 bits per heavy atom. The van der Waals surface area contributed by atoms with E-state index >= 15 is 0 Å². The van der Waals surface area contributed by atoms with E-state index in [9.17, 15) is 9.59 Å². The number of aromatic nitrogens is 2. The molecule has 0 aliphatic carbocycles. The highest BCUT2D eigenvalue weighted by atomic mass is 32.2. The van der Waals surface area contributed by atoms with Gasteiger partial charge in [-0.25, -0.2) is 4.98 Å². The van der Waals surface area contributed by atoms with Gasteiger partial charge in [0.1, 0.15) is 15.8 Å². The van der Waals surface area contributed by atoms with Gasteiger partial charge in [0, 0.05) is 25.8 Å². The lowest BCUT2D eigenvalue weighted by molar-refractivity contribution is -0.122. The molecule has 2 aromatic rings. The zero-order chi connectivity index (χ0) is 26.0. The van der Waals surface area contributed by atoms with Gasteiger partial charge >= 0.3 is 0 Å². The first-order valence-corrected chi connectivity index (χ1v) is 14.5. The lowest BCUT2D eigenvalue weighted by Gasteiger charge is -2.36. The van der Waals surface area contributed by atoms with Crippen molar-refractivity contribution < 1.29 is 4.79 Å². The van der Waals surface area contributed by atoms with Crippen LogP contribution < -0.4 is 10.5 Å². The van der Waals surface area contributed by atoms with Crippen LogP contribution in [0.25, 0.3) is 11.7 Å². The second kappa shape index (κ2) is 11.5. The van der Waals surface area contributed by atoms with E-state index in [0.29, 0.717) is 50.6 Å². The molecule has 2 aliphatic rings. The highest BCUT2D eigenvalue weighted by Crippen LogP contribution is 2.35. The molecule has 194 valence electrons. The first kappa shape index (κ1) is 26.9. The molecule has 0 N–H and O–H groups in total. The Kier molecular flexibility index (Phi) is 8.56. The highest BCUT2D eigenvalue weighted by molar-refractivity contribution is 8.26. The van der Waals surface area contributed by atoms with Gasteiger partial charge in [-0.1, -0.05) is 77.0 Å². The molecule has 8 heteroatoms. The first-order valence-electron chi connectivity index (χ1n) is 13.2. The van der Waals surface area contributed by atoms with E-state index in [-0.39, 0.29) is 11.5 Å². The molecule has 0 spiro atoms. The van der Waals surface area contributed by atoms with E-state index in [1.54, 1.807) is 15.4 Å². The van der Waals surface area contributed by atoms with E-state index in [1.807, 2.05) is 25.3 Å². The van der Waals surface area contributed by atoms with Crippen molar-refractivity contribution in [2.75, 3.05) is 24.5 Å². The van der Waals surface area contributed by atoms with Crippen molar-refractivity contribution in [2.24, 2.45) is 17.8 Å². The summed E-state index contributed by atoms with van der Waals surface area (Å²) >= 11 is 6.92. The van der Waals surface area contributed by atoms with Crippen molar-refractivity contribution in [3.05, 3.63) is 44.7 Å². The maximum absolute atomic E-state index is 13.8. The van der Waals surface area contributed by atoms with Crippen molar-refractivity contribution in [1.29, 1.82) is 0 Å². The number of hydrogen-bond acceptors (Lipinski definition) is 6. The van der Waals surface area contributed by atoms with Crippen LogP contribution in [0.4, 0.5) is 5.82 Å². The molecule has 4 heterocycles. The van der Waals surface area contributed by atoms with Crippen LogP contribution in [0.1, 0.15) is 70.9 Å². The second-order valence-electron chi connectivity index (χ2n) is 10.6. The predicted octanol–water partition coefficient (Wildman–Crippen LogP) is 5.90. The molecule has 2 aromatic heterocycles. The number of rotatable bonds is 8. The Hall–Kier alpha value is -2.19. The Morgan fingerprint density at radius 2 is 1.92 bits per heavy atom. The predicted molar refractivity (Wildman–Crippen MR) is 155 cm³/mol. The number of pyridine rings is 1. The van der Waals surface area contributed by atoms with Gasteiger partial charge in [-0.05, 0) is 55.2 Å². The number of nitrogens with zero attached hydrogens (tertiary/aromatic N) is 4. The number of thioether (sulfide) groups is 1. The standard InChI is InChI=1S/C28H38N4O2S2/c1-6-8-9-21(7-2)17-32-27(34)23(36-28(32)35)13-22-25(30-14-19(4)12-20(5)15-30)29-24-11-10-18(3)16-31(24)26(22)33/h10-11,13,16,19-21H,6-9,12,14-15,17H2,1-5H3/b23-13+. The average Bonchev–Trinajstić information content (AvgIpc) is 3.10. The van der Waals surface area contributed by atoms with E-state index in [1.165, 1.54) is 11.8 Å². The summed E-state index contributed by atoms with van der Waals surface area (Å²) in [6.45, 7) is 13.1. The van der Waals surface area contributed by atoms with Gasteiger partial charge in [-0.3, -0.25) is 18.9 Å². The fraction of sp³-hybridized carbons (Fsp3) is 0.571. The van der Waals surface area contributed by atoms with Gasteiger partial charge in [0.05, 0.1) is 10.5 Å². The molecular formula is C28H38N4O2S2. The van der Waals surface area contributed by atoms with Gasteiger partial charge in [-0.2, -0.15) is 0 Å². The van der Waals surface area contributed by atoms with Crippen LogP contribution in [0.2, 0.25) is 0 Å². The minimum Gasteiger partial charge on any atom is -0.355 e. The Labute approximate surface area is 224 Å². The number of fused-ring (bicyclic) bond motifs is 1. The number of thiocarbonyl (C=S) groups is 1. The lowest BCUT2D eigenvalue weighted by atomic mass is 9.91. The molecule has 4 rings (SSSR count). The Bertz CT molecular complexity index is 1230. The number of carbonyl (C=O) groups is 1. The fourth-order valence-electron chi connectivity index (χ4n) is 5.41. The Balaban J connectivity index is 1.75. The maximum atomic E-state index is 13.8. The third-order valence-electron chi connectivity index (χ3n) is 7.29. The molecule has 0 radical (unpaired) electrons. The monoisotopic (exact) mass is 526 g/mol. The zero-order valence-corrected chi connectivity index (χ0v) is 23.8. The van der Waals surface area contributed by atoms with Crippen molar-refractivity contribution in [3.63, 3.8) is 0 Å². The van der Waals surface area contributed by atoms with Crippen LogP contribution in [0.3, 0.4) is 0 Å². The minimum absolute atomic E-state index is 0.0972. The summed E-state index contributed by atoms with van der Waals surface area (Å²) in [7, 11) is 0. The number of anilines is 1. The number of hydrogen-bond donors (Lipinski definition) is 0. The van der Waals surface area contributed by atoms with Crippen LogP contribution in [0.5, 0.6) is 0 Å². The summed E-state index contributed by atoms with van der Waals surface area (Å²) in [5, 5.41) is 0. The van der Waals surface area contributed by atoms with Crippen LogP contribution in [-0.2, 0) is 4.79 Å². The smallest absolute Gasteiger partial charge is 0.267 e. The van der Waals surface area contributed by atoms with E-state index in [4.69, 9.17) is 17.2 Å². The molecule has 2 fully saturated rings. The average molecular weight is 527 g/mol. The van der Waals surface area contributed by atoms with Crippen LogP contribution in [-0.4, -0.2) is 44.1 Å². The van der Waals surface area contributed by atoms with E-state index in [0.717, 1.165) is 50.8 Å². The molecule has 3 atom stereocenters. The van der Waals surface area contributed by atoms with Crippen molar-refractivity contribution >= 4 is 51.7 Å². The number of unbranched alkanes of at least 4 members (excludes halogenated alkanes) is 1. The maximum Gasteiger partial charge on any atom is 0.267 e. The lowest BCUT2D eigenvalue weighted by Crippen LogP contribution is -2.40. The summed E-state index contributed by atoms with van der Waals surface area (Å²) in [6.07, 6.45) is 9.12. The van der Waals surface area contributed by atoms with E-state index < -0.39 is 0 Å². The topological polar surface area (TPSA) is 57.9 Å². The van der Waals surface area contributed by atoms with Crippen LogP contribution in [0.15, 0.2) is 28.0 Å². The van der Waals surface area contributed by atoms with E-state index in [2.05, 4.69) is 32.6 Å². The normalized spacial score (nSPS) is 22.8. The largest absolute Gasteiger partial charge is 0.355 e. The molecule has 6 nitrogen and oxygen atoms in total. The molecule has 2 saturated heterocycles. The molecule has 3 unspecified atom stereocenters. The van der Waals surface area contributed by atoms with Crippen LogP contribution in [0, 0.1) is 24.7 Å². The molecule has 36 heavy (non-hydrogen) atoms. The highest BCUT2D eigenvalue weighted by Gasteiger charge is 2.34. The van der Waals surface area contributed by atoms with Crippen LogP contribution >= 0.6 is 24.0 Å². The quantitative estimate of drug-likeness (QED) is 0.315. The van der Waals surface area contributed by atoms with Gasteiger partial charge in [-0.15, -0.1) is 0 Å². The molecule has 0 aromatic carbocycles. The Morgan fingerprint density at radius 3 is 2.58 bits per heavy atom.